The fourth-order valence-corrected chi connectivity index (χ4v) is 1.52. The Morgan fingerprint density at radius 2 is 2.05 bits per heavy atom. The number of ether oxygens (including phenoxy) is 1. The van der Waals surface area contributed by atoms with Gasteiger partial charge in [0.1, 0.15) is 0 Å². The van der Waals surface area contributed by atoms with Gasteiger partial charge in [0.2, 0.25) is 0 Å². The highest BCUT2D eigenvalue weighted by Crippen LogP contribution is 2.11. The van der Waals surface area contributed by atoms with Crippen LogP contribution in [0.2, 0.25) is 5.02 Å². The molecule has 0 heterocycles. The quantitative estimate of drug-likeness (QED) is 0.655. The van der Waals surface area contributed by atoms with E-state index < -0.39 is 24.0 Å². The molecule has 21 heavy (non-hydrogen) atoms. The minimum atomic E-state index is -1.08. The lowest BCUT2D eigenvalue weighted by Gasteiger charge is -2.11. The van der Waals surface area contributed by atoms with Crippen LogP contribution in [0.3, 0.4) is 0 Å². The number of esters is 1. The third-order valence-corrected chi connectivity index (χ3v) is 2.62. The Kier molecular flexibility index (Phi) is 6.42. The molecule has 1 rings (SSSR count). The monoisotopic (exact) mass is 310 g/mol. The van der Waals surface area contributed by atoms with E-state index in [1.54, 1.807) is 24.3 Å². The summed E-state index contributed by atoms with van der Waals surface area (Å²) in [5.41, 5.74) is 0.724. The molecular formula is C14H15ClN2O4. The second kappa shape index (κ2) is 8.06. The molecule has 0 unspecified atom stereocenters. The highest BCUT2D eigenvalue weighted by Gasteiger charge is 2.18. The third kappa shape index (κ3) is 6.09. The molecule has 0 spiro atoms. The van der Waals surface area contributed by atoms with Crippen LogP contribution in [0.1, 0.15) is 12.5 Å². The molecule has 1 aromatic carbocycles. The van der Waals surface area contributed by atoms with Crippen LogP contribution in [-0.2, 0) is 14.3 Å². The van der Waals surface area contributed by atoms with Gasteiger partial charge in [0, 0.05) is 18.1 Å². The van der Waals surface area contributed by atoms with Gasteiger partial charge in [-0.25, -0.2) is 9.59 Å². The van der Waals surface area contributed by atoms with E-state index in [0.717, 1.165) is 5.56 Å². The van der Waals surface area contributed by atoms with Gasteiger partial charge in [-0.05, 0) is 30.7 Å². The number of hydrogen-bond donors (Lipinski definition) is 2. The van der Waals surface area contributed by atoms with Gasteiger partial charge in [0.25, 0.3) is 5.91 Å². The van der Waals surface area contributed by atoms with E-state index in [0.29, 0.717) is 5.02 Å². The third-order valence-electron chi connectivity index (χ3n) is 2.39. The first kappa shape index (κ1) is 16.7. The molecule has 2 N–H and O–H groups in total. The molecule has 0 aromatic heterocycles. The molecule has 3 amide bonds. The summed E-state index contributed by atoms with van der Waals surface area (Å²) >= 11 is 5.81. The maximum absolute atomic E-state index is 11.5. The van der Waals surface area contributed by atoms with Crippen molar-refractivity contribution in [1.29, 1.82) is 0 Å². The summed E-state index contributed by atoms with van der Waals surface area (Å²) in [5.74, 6) is -1.41. The van der Waals surface area contributed by atoms with E-state index in [1.807, 2.05) is 5.32 Å². The Labute approximate surface area is 127 Å². The van der Waals surface area contributed by atoms with Gasteiger partial charge < -0.3 is 10.1 Å². The summed E-state index contributed by atoms with van der Waals surface area (Å²) in [6.45, 7) is 1.36. The van der Waals surface area contributed by atoms with Crippen LogP contribution in [0, 0.1) is 0 Å². The van der Waals surface area contributed by atoms with Crippen LogP contribution in [-0.4, -0.2) is 31.1 Å². The first-order valence-corrected chi connectivity index (χ1v) is 6.47. The average Bonchev–Trinajstić information content (AvgIpc) is 2.45. The summed E-state index contributed by atoms with van der Waals surface area (Å²) in [6, 6.07) is 6.22. The largest absolute Gasteiger partial charge is 0.449 e. The zero-order valence-corrected chi connectivity index (χ0v) is 12.3. The number of urea groups is 1. The topological polar surface area (TPSA) is 84.5 Å². The molecule has 112 valence electrons. The number of benzene rings is 1. The molecule has 0 radical (unpaired) electrons. The molecule has 1 aromatic rings. The van der Waals surface area contributed by atoms with E-state index in [4.69, 9.17) is 16.3 Å². The van der Waals surface area contributed by atoms with E-state index in [1.165, 1.54) is 26.1 Å². The van der Waals surface area contributed by atoms with Gasteiger partial charge in [0.05, 0.1) is 0 Å². The predicted molar refractivity (Wildman–Crippen MR) is 78.6 cm³/mol. The van der Waals surface area contributed by atoms with Gasteiger partial charge in [-0.2, -0.15) is 0 Å². The summed E-state index contributed by atoms with van der Waals surface area (Å²) in [5, 5.41) is 4.77. The summed E-state index contributed by atoms with van der Waals surface area (Å²) in [7, 11) is 1.37. The average molecular weight is 311 g/mol. The predicted octanol–water partition coefficient (Wildman–Crippen LogP) is 1.74. The molecule has 0 bridgehead atoms. The number of nitrogens with one attached hydrogen (secondary N) is 2. The van der Waals surface area contributed by atoms with Crippen molar-refractivity contribution in [2.75, 3.05) is 7.05 Å². The summed E-state index contributed by atoms with van der Waals surface area (Å²) < 4.78 is 4.86. The number of carbonyl (C=O) groups excluding carboxylic acids is 3. The van der Waals surface area contributed by atoms with Crippen molar-refractivity contribution < 1.29 is 19.1 Å². The highest BCUT2D eigenvalue weighted by molar-refractivity contribution is 6.30. The molecule has 0 aliphatic heterocycles. The van der Waals surface area contributed by atoms with Crippen molar-refractivity contribution in [2.45, 2.75) is 13.0 Å². The van der Waals surface area contributed by atoms with Crippen LogP contribution in [0.4, 0.5) is 4.79 Å². The molecule has 7 heteroatoms. The lowest BCUT2D eigenvalue weighted by molar-refractivity contribution is -0.149. The van der Waals surface area contributed by atoms with Crippen molar-refractivity contribution in [3.05, 3.63) is 40.9 Å². The molecule has 0 saturated carbocycles. The Balaban J connectivity index is 2.53. The summed E-state index contributed by atoms with van der Waals surface area (Å²) in [4.78, 5) is 34.0. The van der Waals surface area contributed by atoms with E-state index in [9.17, 15) is 14.4 Å². The second-order valence-electron chi connectivity index (χ2n) is 4.04. The maximum atomic E-state index is 11.5. The van der Waals surface area contributed by atoms with Crippen molar-refractivity contribution in [2.24, 2.45) is 0 Å². The van der Waals surface area contributed by atoms with Gasteiger partial charge in [-0.3, -0.25) is 10.1 Å². The van der Waals surface area contributed by atoms with Crippen LogP contribution in [0.15, 0.2) is 30.3 Å². The number of rotatable bonds is 4. The van der Waals surface area contributed by atoms with Crippen molar-refractivity contribution >= 4 is 35.6 Å². The van der Waals surface area contributed by atoms with Gasteiger partial charge in [-0.15, -0.1) is 0 Å². The Hall–Kier alpha value is -2.34. The summed E-state index contributed by atoms with van der Waals surface area (Å²) in [6.07, 6.45) is 1.60. The minimum absolute atomic E-state index is 0.545. The van der Waals surface area contributed by atoms with Gasteiger partial charge >= 0.3 is 12.0 Å². The van der Waals surface area contributed by atoms with Crippen LogP contribution in [0.5, 0.6) is 0 Å². The van der Waals surface area contributed by atoms with E-state index in [-0.39, 0.29) is 0 Å². The van der Waals surface area contributed by atoms with Crippen molar-refractivity contribution in [3.63, 3.8) is 0 Å². The molecule has 0 aliphatic rings. The van der Waals surface area contributed by atoms with Crippen molar-refractivity contribution in [3.8, 4) is 0 Å². The van der Waals surface area contributed by atoms with Gasteiger partial charge in [-0.1, -0.05) is 23.7 Å². The van der Waals surface area contributed by atoms with Gasteiger partial charge in [0.15, 0.2) is 6.10 Å². The fourth-order valence-electron chi connectivity index (χ4n) is 1.32. The Bertz CT molecular complexity index is 572. The highest BCUT2D eigenvalue weighted by atomic mass is 35.5. The zero-order chi connectivity index (χ0) is 15.8. The fraction of sp³-hybridized carbons (Fsp3) is 0.214. The molecule has 0 fully saturated rings. The Morgan fingerprint density at radius 3 is 2.67 bits per heavy atom. The molecule has 0 saturated heterocycles. The first-order chi connectivity index (χ1) is 9.92. The minimum Gasteiger partial charge on any atom is -0.449 e. The number of imide groups is 1. The first-order valence-electron chi connectivity index (χ1n) is 6.09. The molecule has 0 aliphatic carbocycles. The number of hydrogen-bond acceptors (Lipinski definition) is 4. The smallest absolute Gasteiger partial charge is 0.331 e. The Morgan fingerprint density at radius 1 is 1.33 bits per heavy atom. The number of amides is 3. The van der Waals surface area contributed by atoms with Crippen molar-refractivity contribution in [1.82, 2.24) is 10.6 Å². The molecule has 6 nitrogen and oxygen atoms in total. The van der Waals surface area contributed by atoms with E-state index >= 15 is 0 Å². The number of carbonyl (C=O) groups is 3. The molecular weight excluding hydrogens is 296 g/mol. The SMILES string of the molecule is CNC(=O)NC(=O)[C@@H](C)OC(=O)/C=C/c1cccc(Cl)c1. The zero-order valence-electron chi connectivity index (χ0n) is 11.6. The van der Waals surface area contributed by atoms with E-state index in [2.05, 4.69) is 5.32 Å². The second-order valence-corrected chi connectivity index (χ2v) is 4.47. The normalized spacial score (nSPS) is 11.8. The number of halogens is 1. The standard InChI is InChI=1S/C14H15ClN2O4/c1-9(13(19)17-14(20)16-2)21-12(18)7-6-10-4-3-5-11(15)8-10/h3-9H,1-2H3,(H2,16,17,19,20)/b7-6+/t9-/m1/s1. The lowest BCUT2D eigenvalue weighted by atomic mass is 10.2. The van der Waals surface area contributed by atoms with Crippen LogP contribution < -0.4 is 10.6 Å². The molecule has 1 atom stereocenters. The lowest BCUT2D eigenvalue weighted by Crippen LogP contribution is -2.43. The maximum Gasteiger partial charge on any atom is 0.331 e. The van der Waals surface area contributed by atoms with Crippen LogP contribution in [0.25, 0.3) is 6.08 Å². The van der Waals surface area contributed by atoms with Crippen LogP contribution >= 0.6 is 11.6 Å².